The molecule has 1 aromatic heterocycles. The molecule has 0 saturated carbocycles. The molecule has 1 N–H and O–H groups in total. The van der Waals surface area contributed by atoms with Gasteiger partial charge in [-0.3, -0.25) is 0 Å². The Hall–Kier alpha value is -1.00. The van der Waals surface area contributed by atoms with Gasteiger partial charge in [0.15, 0.2) is 0 Å². The van der Waals surface area contributed by atoms with Crippen LogP contribution in [-0.2, 0) is 16.0 Å². The standard InChI is InChI=1S/C16H18F3IN2O2/c1-23-14-8-24-6-5-12(14)21-11-3-2-4-13-10(11)7-15(20)22(13)9-16(17,18)19/h2-4,7,12,14,21H,5-6,8-9H2,1H3/t12-,14+/m1/s1. The fourth-order valence-corrected chi connectivity index (χ4v) is 3.77. The molecular weight excluding hydrogens is 436 g/mol. The van der Waals surface area contributed by atoms with E-state index in [1.807, 2.05) is 28.7 Å². The van der Waals surface area contributed by atoms with Crippen molar-refractivity contribution in [3.8, 4) is 0 Å². The molecule has 1 fully saturated rings. The molecule has 132 valence electrons. The van der Waals surface area contributed by atoms with Crippen LogP contribution >= 0.6 is 22.6 Å². The number of ether oxygens (including phenoxy) is 2. The maximum Gasteiger partial charge on any atom is 0.406 e. The van der Waals surface area contributed by atoms with E-state index in [0.29, 0.717) is 22.4 Å². The predicted molar refractivity (Wildman–Crippen MR) is 94.4 cm³/mol. The first-order chi connectivity index (χ1) is 11.4. The Balaban J connectivity index is 1.93. The summed E-state index contributed by atoms with van der Waals surface area (Å²) < 4.78 is 51.2. The van der Waals surface area contributed by atoms with Crippen LogP contribution in [0.1, 0.15) is 6.42 Å². The van der Waals surface area contributed by atoms with Crippen LogP contribution in [-0.4, -0.2) is 43.2 Å². The van der Waals surface area contributed by atoms with Gasteiger partial charge < -0.3 is 19.4 Å². The Bertz CT molecular complexity index is 717. The van der Waals surface area contributed by atoms with E-state index in [4.69, 9.17) is 9.47 Å². The number of nitrogens with zero attached hydrogens (tertiary/aromatic N) is 1. The number of rotatable bonds is 4. The molecule has 2 atom stereocenters. The van der Waals surface area contributed by atoms with Gasteiger partial charge in [-0.05, 0) is 47.2 Å². The van der Waals surface area contributed by atoms with Crippen molar-refractivity contribution in [1.82, 2.24) is 4.57 Å². The number of nitrogens with one attached hydrogen (secondary N) is 1. The molecule has 8 heteroatoms. The van der Waals surface area contributed by atoms with Gasteiger partial charge in [0.05, 0.1) is 21.9 Å². The number of hydrogen-bond donors (Lipinski definition) is 1. The van der Waals surface area contributed by atoms with Gasteiger partial charge in [-0.25, -0.2) is 0 Å². The van der Waals surface area contributed by atoms with E-state index in [-0.39, 0.29) is 12.1 Å². The van der Waals surface area contributed by atoms with Gasteiger partial charge in [-0.1, -0.05) is 6.07 Å². The highest BCUT2D eigenvalue weighted by Gasteiger charge is 2.30. The normalized spacial score (nSPS) is 22.0. The van der Waals surface area contributed by atoms with Crippen molar-refractivity contribution in [3.05, 3.63) is 28.0 Å². The van der Waals surface area contributed by atoms with Gasteiger partial charge in [0.1, 0.15) is 12.6 Å². The van der Waals surface area contributed by atoms with Gasteiger partial charge in [-0.2, -0.15) is 13.2 Å². The Morgan fingerprint density at radius 3 is 2.92 bits per heavy atom. The summed E-state index contributed by atoms with van der Waals surface area (Å²) in [6.07, 6.45) is -3.54. The van der Waals surface area contributed by atoms with E-state index >= 15 is 0 Å². The van der Waals surface area contributed by atoms with Crippen molar-refractivity contribution in [2.75, 3.05) is 25.6 Å². The molecule has 0 bridgehead atoms. The van der Waals surface area contributed by atoms with Crippen LogP contribution in [0, 0.1) is 3.70 Å². The first kappa shape index (κ1) is 17.8. The highest BCUT2D eigenvalue weighted by atomic mass is 127. The van der Waals surface area contributed by atoms with Crippen molar-refractivity contribution in [2.24, 2.45) is 0 Å². The van der Waals surface area contributed by atoms with Crippen molar-refractivity contribution in [2.45, 2.75) is 31.3 Å². The van der Waals surface area contributed by atoms with E-state index in [1.165, 1.54) is 4.57 Å². The summed E-state index contributed by atoms with van der Waals surface area (Å²) in [6, 6.07) is 7.22. The lowest BCUT2D eigenvalue weighted by Crippen LogP contribution is -2.43. The van der Waals surface area contributed by atoms with Crippen molar-refractivity contribution in [1.29, 1.82) is 0 Å². The monoisotopic (exact) mass is 454 g/mol. The van der Waals surface area contributed by atoms with Crippen molar-refractivity contribution < 1.29 is 22.6 Å². The molecule has 1 aromatic carbocycles. The van der Waals surface area contributed by atoms with Crippen LogP contribution in [0.15, 0.2) is 24.3 Å². The van der Waals surface area contributed by atoms with Crippen LogP contribution in [0.2, 0.25) is 0 Å². The summed E-state index contributed by atoms with van der Waals surface area (Å²) >= 11 is 1.94. The minimum atomic E-state index is -4.25. The zero-order chi connectivity index (χ0) is 17.3. The summed E-state index contributed by atoms with van der Waals surface area (Å²) in [6.45, 7) is 0.160. The molecule has 1 saturated heterocycles. The minimum Gasteiger partial charge on any atom is -0.379 e. The first-order valence-corrected chi connectivity index (χ1v) is 8.68. The average molecular weight is 454 g/mol. The minimum absolute atomic E-state index is 0.0676. The second kappa shape index (κ2) is 7.09. The fourth-order valence-electron chi connectivity index (χ4n) is 3.03. The number of hydrogen-bond acceptors (Lipinski definition) is 3. The Kier molecular flexibility index (Phi) is 5.26. The fraction of sp³-hybridized carbons (Fsp3) is 0.500. The number of aromatic nitrogens is 1. The van der Waals surface area contributed by atoms with Gasteiger partial charge in [0, 0.05) is 24.8 Å². The number of benzene rings is 1. The summed E-state index contributed by atoms with van der Waals surface area (Å²) in [4.78, 5) is 0. The van der Waals surface area contributed by atoms with E-state index in [2.05, 4.69) is 5.32 Å². The molecule has 0 amide bonds. The third-order valence-electron chi connectivity index (χ3n) is 4.18. The van der Waals surface area contributed by atoms with Gasteiger partial charge in [-0.15, -0.1) is 0 Å². The topological polar surface area (TPSA) is 35.4 Å². The second-order valence-corrected chi connectivity index (χ2v) is 6.90. The molecule has 4 nitrogen and oxygen atoms in total. The van der Waals surface area contributed by atoms with E-state index in [0.717, 1.165) is 17.5 Å². The predicted octanol–water partition coefficient (Wildman–Crippen LogP) is 4.02. The van der Waals surface area contributed by atoms with Crippen LogP contribution < -0.4 is 5.32 Å². The summed E-state index contributed by atoms with van der Waals surface area (Å²) in [5, 5.41) is 4.21. The molecule has 2 heterocycles. The molecule has 0 spiro atoms. The number of anilines is 1. The summed E-state index contributed by atoms with van der Waals surface area (Å²) in [5.41, 5.74) is 1.39. The average Bonchev–Trinajstić information content (AvgIpc) is 2.84. The molecule has 0 aliphatic carbocycles. The Morgan fingerprint density at radius 2 is 2.21 bits per heavy atom. The molecular formula is C16H18F3IN2O2. The molecule has 1 aliphatic heterocycles. The summed E-state index contributed by atoms with van der Waals surface area (Å²) in [5.74, 6) is 0. The zero-order valence-electron chi connectivity index (χ0n) is 13.1. The maximum atomic E-state index is 12.8. The van der Waals surface area contributed by atoms with E-state index < -0.39 is 12.7 Å². The number of halogens is 4. The molecule has 1 aliphatic rings. The lowest BCUT2D eigenvalue weighted by Gasteiger charge is -2.32. The van der Waals surface area contributed by atoms with Gasteiger partial charge >= 0.3 is 6.18 Å². The zero-order valence-corrected chi connectivity index (χ0v) is 15.2. The van der Waals surface area contributed by atoms with Gasteiger partial charge in [0.2, 0.25) is 0 Å². The summed E-state index contributed by atoms with van der Waals surface area (Å²) in [7, 11) is 1.64. The van der Waals surface area contributed by atoms with E-state index in [9.17, 15) is 13.2 Å². The number of methoxy groups -OCH3 is 1. The molecule has 0 radical (unpaired) electrons. The second-order valence-electron chi connectivity index (χ2n) is 5.80. The number of fused-ring (bicyclic) bond motifs is 1. The molecule has 2 aromatic rings. The molecule has 0 unspecified atom stereocenters. The SMILES string of the molecule is CO[C@H]1COCC[C@H]1Nc1cccc2c1cc(I)n2CC(F)(F)F. The molecule has 24 heavy (non-hydrogen) atoms. The lowest BCUT2D eigenvalue weighted by atomic mass is 10.0. The Labute approximate surface area is 151 Å². The third kappa shape index (κ3) is 3.80. The largest absolute Gasteiger partial charge is 0.406 e. The van der Waals surface area contributed by atoms with Crippen LogP contribution in [0.3, 0.4) is 0 Å². The van der Waals surface area contributed by atoms with Crippen molar-refractivity contribution in [3.63, 3.8) is 0 Å². The first-order valence-electron chi connectivity index (χ1n) is 7.60. The van der Waals surface area contributed by atoms with Crippen LogP contribution in [0.25, 0.3) is 10.9 Å². The van der Waals surface area contributed by atoms with E-state index in [1.54, 1.807) is 25.3 Å². The highest BCUT2D eigenvalue weighted by Crippen LogP contribution is 2.32. The third-order valence-corrected chi connectivity index (χ3v) is 5.07. The maximum absolute atomic E-state index is 12.8. The smallest absolute Gasteiger partial charge is 0.379 e. The quantitative estimate of drug-likeness (QED) is 0.710. The highest BCUT2D eigenvalue weighted by molar-refractivity contribution is 14.1. The van der Waals surface area contributed by atoms with Crippen molar-refractivity contribution >= 4 is 39.2 Å². The molecule has 3 rings (SSSR count). The lowest BCUT2D eigenvalue weighted by molar-refractivity contribution is -0.140. The van der Waals surface area contributed by atoms with Crippen LogP contribution in [0.4, 0.5) is 18.9 Å². The van der Waals surface area contributed by atoms with Crippen LogP contribution in [0.5, 0.6) is 0 Å². The number of alkyl halides is 3. The van der Waals surface area contributed by atoms with Gasteiger partial charge in [0.25, 0.3) is 0 Å². The Morgan fingerprint density at radius 1 is 1.42 bits per heavy atom.